The van der Waals surface area contributed by atoms with Crippen LogP contribution in [0.3, 0.4) is 0 Å². The van der Waals surface area contributed by atoms with Crippen LogP contribution in [0.25, 0.3) is 10.9 Å². The summed E-state index contributed by atoms with van der Waals surface area (Å²) in [6.07, 6.45) is 0.130. The second kappa shape index (κ2) is 4.82. The Morgan fingerprint density at radius 2 is 2.22 bits per heavy atom. The second-order valence-corrected chi connectivity index (χ2v) is 4.45. The topological polar surface area (TPSA) is 65.2 Å². The van der Waals surface area contributed by atoms with Gasteiger partial charge in [0.05, 0.1) is 18.6 Å². The van der Waals surface area contributed by atoms with Gasteiger partial charge in [-0.1, -0.05) is 17.7 Å². The quantitative estimate of drug-likeness (QED) is 0.925. The monoisotopic (exact) mass is 264 g/mol. The molecule has 0 aliphatic heterocycles. The maximum absolute atomic E-state index is 11.1. The summed E-state index contributed by atoms with van der Waals surface area (Å²) in [6.45, 7) is 1.85. The maximum Gasteiger partial charge on any atom is 0.221 e. The Hall–Kier alpha value is -1.81. The average Bonchev–Trinajstić information content (AvgIpc) is 2.27. The van der Waals surface area contributed by atoms with E-state index in [-0.39, 0.29) is 6.42 Å². The number of hydrogen-bond donors (Lipinski definition) is 1. The highest BCUT2D eigenvalue weighted by Crippen LogP contribution is 2.32. The minimum atomic E-state index is -0.405. The van der Waals surface area contributed by atoms with Crippen molar-refractivity contribution in [1.29, 1.82) is 0 Å². The maximum atomic E-state index is 11.1. The number of fused-ring (bicyclic) bond motifs is 1. The van der Waals surface area contributed by atoms with E-state index in [1.54, 1.807) is 25.3 Å². The van der Waals surface area contributed by atoms with Crippen LogP contribution in [0.5, 0.6) is 5.75 Å². The fourth-order valence-corrected chi connectivity index (χ4v) is 2.32. The largest absolute Gasteiger partial charge is 0.494 e. The predicted octanol–water partition coefficient (Wildman–Crippen LogP) is 2.23. The minimum absolute atomic E-state index is 0.130. The predicted molar refractivity (Wildman–Crippen MR) is 70.9 cm³/mol. The molecule has 1 aromatic carbocycles. The lowest BCUT2D eigenvalue weighted by molar-refractivity contribution is -0.117. The Balaban J connectivity index is 2.79. The Morgan fingerprint density at radius 3 is 2.83 bits per heavy atom. The molecule has 2 N–H and O–H groups in total. The van der Waals surface area contributed by atoms with Crippen LogP contribution >= 0.6 is 11.6 Å². The highest BCUT2D eigenvalue weighted by atomic mass is 35.5. The van der Waals surface area contributed by atoms with Crippen molar-refractivity contribution in [3.05, 3.63) is 34.5 Å². The molecule has 5 heteroatoms. The van der Waals surface area contributed by atoms with Crippen molar-refractivity contribution < 1.29 is 9.53 Å². The van der Waals surface area contributed by atoms with E-state index in [4.69, 9.17) is 22.1 Å². The first-order chi connectivity index (χ1) is 8.52. The zero-order chi connectivity index (χ0) is 13.3. The van der Waals surface area contributed by atoms with Crippen LogP contribution in [0.1, 0.15) is 11.3 Å². The number of rotatable bonds is 3. The lowest BCUT2D eigenvalue weighted by Crippen LogP contribution is -2.14. The number of nitrogens with two attached hydrogens (primary N) is 1. The molecule has 0 saturated heterocycles. The van der Waals surface area contributed by atoms with Gasteiger partial charge in [-0.05, 0) is 24.6 Å². The number of carbonyl (C=O) groups is 1. The number of amides is 1. The summed E-state index contributed by atoms with van der Waals surface area (Å²) in [5.74, 6) is 0.224. The molecule has 0 bridgehead atoms. The summed E-state index contributed by atoms with van der Waals surface area (Å²) in [7, 11) is 1.57. The van der Waals surface area contributed by atoms with Crippen LogP contribution in [0.2, 0.25) is 5.02 Å². The lowest BCUT2D eigenvalue weighted by Gasteiger charge is -2.11. The Morgan fingerprint density at radius 1 is 1.50 bits per heavy atom. The fraction of sp³-hybridized carbons (Fsp3) is 0.231. The van der Waals surface area contributed by atoms with Crippen LogP contribution < -0.4 is 10.5 Å². The molecule has 0 fully saturated rings. The Bertz CT molecular complexity index is 626. The highest BCUT2D eigenvalue weighted by molar-refractivity contribution is 6.36. The highest BCUT2D eigenvalue weighted by Gasteiger charge is 2.13. The van der Waals surface area contributed by atoms with Crippen molar-refractivity contribution in [2.75, 3.05) is 7.11 Å². The molecule has 0 unspecified atom stereocenters. The number of pyridine rings is 1. The summed E-state index contributed by atoms with van der Waals surface area (Å²) in [5.41, 5.74) is 7.44. The number of halogens is 1. The van der Waals surface area contributed by atoms with Gasteiger partial charge in [-0.25, -0.2) is 4.98 Å². The molecule has 1 aromatic heterocycles. The number of benzene rings is 1. The number of primary amides is 1. The van der Waals surface area contributed by atoms with Gasteiger partial charge in [-0.15, -0.1) is 0 Å². The number of nitrogens with zero attached hydrogens (tertiary/aromatic N) is 1. The average molecular weight is 265 g/mol. The third-order valence-electron chi connectivity index (χ3n) is 2.67. The van der Waals surface area contributed by atoms with Crippen LogP contribution in [0, 0.1) is 6.92 Å². The van der Waals surface area contributed by atoms with E-state index in [9.17, 15) is 4.79 Å². The van der Waals surface area contributed by atoms with E-state index in [1.807, 2.05) is 6.92 Å². The first kappa shape index (κ1) is 12.6. The molecule has 2 aromatic rings. The van der Waals surface area contributed by atoms with E-state index in [2.05, 4.69) is 4.98 Å². The molecule has 94 valence electrons. The van der Waals surface area contributed by atoms with Gasteiger partial charge in [0, 0.05) is 11.1 Å². The summed E-state index contributed by atoms with van der Waals surface area (Å²) in [5, 5.41) is 1.27. The van der Waals surface area contributed by atoms with E-state index in [0.717, 1.165) is 16.6 Å². The van der Waals surface area contributed by atoms with Gasteiger partial charge in [0.15, 0.2) is 0 Å². The molecule has 1 amide bonds. The van der Waals surface area contributed by atoms with Crippen LogP contribution in [-0.4, -0.2) is 18.0 Å². The van der Waals surface area contributed by atoms with Crippen molar-refractivity contribution >= 4 is 28.4 Å². The standard InChI is InChI=1S/C13H13ClN2O2/c1-7-5-9(14)12-8(6-11(15)17)3-4-10(18-2)13(12)16-7/h3-5H,6H2,1-2H3,(H2,15,17). The number of ether oxygens (including phenoxy) is 1. The van der Waals surface area contributed by atoms with Gasteiger partial charge in [-0.3, -0.25) is 4.79 Å². The van der Waals surface area contributed by atoms with E-state index < -0.39 is 5.91 Å². The van der Waals surface area contributed by atoms with Crippen LogP contribution in [-0.2, 0) is 11.2 Å². The molecule has 0 saturated carbocycles. The molecule has 0 radical (unpaired) electrons. The number of methoxy groups -OCH3 is 1. The fourth-order valence-electron chi connectivity index (χ4n) is 1.96. The summed E-state index contributed by atoms with van der Waals surface area (Å²) < 4.78 is 5.26. The minimum Gasteiger partial charge on any atom is -0.494 e. The molecule has 0 spiro atoms. The van der Waals surface area contributed by atoms with Gasteiger partial charge < -0.3 is 10.5 Å². The molecule has 18 heavy (non-hydrogen) atoms. The number of hydrogen-bond acceptors (Lipinski definition) is 3. The first-order valence-corrected chi connectivity index (χ1v) is 5.81. The van der Waals surface area contributed by atoms with Gasteiger partial charge in [0.2, 0.25) is 5.91 Å². The molecule has 4 nitrogen and oxygen atoms in total. The summed E-state index contributed by atoms with van der Waals surface area (Å²) in [6, 6.07) is 5.31. The molecular weight excluding hydrogens is 252 g/mol. The number of aromatic nitrogens is 1. The van der Waals surface area contributed by atoms with Crippen molar-refractivity contribution in [2.45, 2.75) is 13.3 Å². The third kappa shape index (κ3) is 2.24. The zero-order valence-corrected chi connectivity index (χ0v) is 10.9. The first-order valence-electron chi connectivity index (χ1n) is 5.44. The van der Waals surface area contributed by atoms with Gasteiger partial charge in [0.25, 0.3) is 0 Å². The van der Waals surface area contributed by atoms with Gasteiger partial charge in [0.1, 0.15) is 11.3 Å². The third-order valence-corrected chi connectivity index (χ3v) is 2.97. The molecule has 0 aliphatic carbocycles. The summed E-state index contributed by atoms with van der Waals surface area (Å²) in [4.78, 5) is 15.5. The zero-order valence-electron chi connectivity index (χ0n) is 10.2. The van der Waals surface area contributed by atoms with E-state index in [0.29, 0.717) is 16.3 Å². The van der Waals surface area contributed by atoms with Crippen molar-refractivity contribution in [3.8, 4) is 5.75 Å². The van der Waals surface area contributed by atoms with Gasteiger partial charge >= 0.3 is 0 Å². The van der Waals surface area contributed by atoms with Crippen molar-refractivity contribution in [3.63, 3.8) is 0 Å². The molecular formula is C13H13ClN2O2. The normalized spacial score (nSPS) is 10.6. The Labute approximate surface area is 110 Å². The summed E-state index contributed by atoms with van der Waals surface area (Å²) >= 11 is 6.23. The number of aryl methyl sites for hydroxylation is 1. The number of carbonyl (C=O) groups excluding carboxylic acids is 1. The smallest absolute Gasteiger partial charge is 0.221 e. The van der Waals surface area contributed by atoms with Crippen LogP contribution in [0.15, 0.2) is 18.2 Å². The van der Waals surface area contributed by atoms with Crippen molar-refractivity contribution in [2.24, 2.45) is 5.73 Å². The van der Waals surface area contributed by atoms with E-state index in [1.165, 1.54) is 0 Å². The lowest BCUT2D eigenvalue weighted by atomic mass is 10.0. The second-order valence-electron chi connectivity index (χ2n) is 4.04. The van der Waals surface area contributed by atoms with Crippen LogP contribution in [0.4, 0.5) is 0 Å². The SMILES string of the molecule is COc1ccc(CC(N)=O)c2c(Cl)cc(C)nc12. The molecule has 0 atom stereocenters. The van der Waals surface area contributed by atoms with E-state index >= 15 is 0 Å². The molecule has 1 heterocycles. The van der Waals surface area contributed by atoms with Gasteiger partial charge in [-0.2, -0.15) is 0 Å². The Kier molecular flexibility index (Phi) is 3.39. The molecule has 2 rings (SSSR count). The van der Waals surface area contributed by atoms with Crippen molar-refractivity contribution in [1.82, 2.24) is 4.98 Å². The molecule has 0 aliphatic rings.